The predicted octanol–water partition coefficient (Wildman–Crippen LogP) is 4.40. The van der Waals surface area contributed by atoms with Crippen molar-refractivity contribution in [3.63, 3.8) is 0 Å². The maximum atomic E-state index is 9.76. The summed E-state index contributed by atoms with van der Waals surface area (Å²) in [6.07, 6.45) is 0. The van der Waals surface area contributed by atoms with Crippen LogP contribution < -0.4 is 4.52 Å². The summed E-state index contributed by atoms with van der Waals surface area (Å²) in [4.78, 5) is 0.884. The normalized spacial score (nSPS) is 10.7. The number of hydrogen-bond acceptors (Lipinski definition) is 3. The topological polar surface area (TPSA) is 40.8 Å². The highest BCUT2D eigenvalue weighted by atomic mass is 32.1. The molecule has 4 aromatic rings. The third-order valence-corrected chi connectivity index (χ3v) is 5.05. The zero-order valence-corrected chi connectivity index (χ0v) is 13.9. The van der Waals surface area contributed by atoms with Gasteiger partial charge in [-0.25, -0.2) is 0 Å². The smallest absolute Gasteiger partial charge is 0.192 e. The molecule has 0 aliphatic heterocycles. The number of aromatic nitrogens is 2. The van der Waals surface area contributed by atoms with Gasteiger partial charge in [-0.1, -0.05) is 60.7 Å². The molecule has 0 fully saturated rings. The van der Waals surface area contributed by atoms with Crippen molar-refractivity contribution >= 4 is 16.2 Å². The van der Waals surface area contributed by atoms with Crippen LogP contribution in [0.2, 0.25) is 0 Å². The number of pyridine rings is 1. The summed E-state index contributed by atoms with van der Waals surface area (Å²) < 4.78 is 1.87. The van der Waals surface area contributed by atoms with Crippen LogP contribution in [0.15, 0.2) is 66.7 Å². The molecule has 0 saturated heterocycles. The van der Waals surface area contributed by atoms with Crippen LogP contribution in [0.25, 0.3) is 26.5 Å². The molecule has 0 amide bonds. The Kier molecular flexibility index (Phi) is 3.56. The molecule has 0 saturated carbocycles. The Morgan fingerprint density at radius 2 is 1.58 bits per heavy atom. The molecule has 2 aromatic carbocycles. The second kappa shape index (κ2) is 5.88. The number of hydrogen-bond donors (Lipinski definition) is 0. The summed E-state index contributed by atoms with van der Waals surface area (Å²) in [5.41, 5.74) is 4.76. The van der Waals surface area contributed by atoms with Gasteiger partial charge in [0.05, 0.1) is 0 Å². The molecule has 2 aromatic heterocycles. The molecule has 114 valence electrons. The third kappa shape index (κ3) is 2.36. The van der Waals surface area contributed by atoms with Crippen LogP contribution in [-0.2, 0) is 0 Å². The number of rotatable bonds is 2. The van der Waals surface area contributed by atoms with Crippen LogP contribution >= 0.6 is 11.3 Å². The van der Waals surface area contributed by atoms with Gasteiger partial charge >= 0.3 is 4.83 Å². The van der Waals surface area contributed by atoms with Gasteiger partial charge in [-0.05, 0) is 21.4 Å². The molecular formula is C20H14N3S+. The van der Waals surface area contributed by atoms with Gasteiger partial charge in [-0.2, -0.15) is 5.26 Å². The summed E-state index contributed by atoms with van der Waals surface area (Å²) in [5, 5.41) is 15.4. The van der Waals surface area contributed by atoms with Gasteiger partial charge in [0.15, 0.2) is 5.01 Å². The maximum Gasteiger partial charge on any atom is 0.314 e. The molecule has 3 nitrogen and oxygen atoms in total. The highest BCUT2D eigenvalue weighted by Gasteiger charge is 2.24. The molecule has 0 unspecified atom stereocenters. The standard InChI is InChI=1S/C20H14N3S/c1-14-12-17(15-8-4-2-5-9-15)18(13-21)20-23(14)22-19(24-20)16-10-6-3-7-11-16/h2-12H,1H3/q+1. The minimum atomic E-state index is 0.673. The van der Waals surface area contributed by atoms with Crippen molar-refractivity contribution in [2.45, 2.75) is 6.92 Å². The fraction of sp³-hybridized carbons (Fsp3) is 0.0500. The van der Waals surface area contributed by atoms with Crippen molar-refractivity contribution in [2.24, 2.45) is 0 Å². The van der Waals surface area contributed by atoms with Crippen molar-refractivity contribution in [1.29, 1.82) is 5.26 Å². The summed E-state index contributed by atoms with van der Waals surface area (Å²) in [6, 6.07) is 24.5. The highest BCUT2D eigenvalue weighted by Crippen LogP contribution is 2.31. The molecule has 4 rings (SSSR count). The molecule has 24 heavy (non-hydrogen) atoms. The molecule has 0 N–H and O–H groups in total. The van der Waals surface area contributed by atoms with Gasteiger partial charge in [-0.15, -0.1) is 0 Å². The van der Waals surface area contributed by atoms with Gasteiger partial charge in [0.2, 0.25) is 5.69 Å². The van der Waals surface area contributed by atoms with E-state index >= 15 is 0 Å². The van der Waals surface area contributed by atoms with Gasteiger partial charge < -0.3 is 0 Å². The molecule has 4 heteroatoms. The Bertz CT molecular complexity index is 1060. The van der Waals surface area contributed by atoms with Crippen molar-refractivity contribution in [1.82, 2.24) is 5.10 Å². The lowest BCUT2D eigenvalue weighted by Crippen LogP contribution is -2.28. The molecule has 0 aliphatic rings. The summed E-state index contributed by atoms with van der Waals surface area (Å²) in [5.74, 6) is 0. The summed E-state index contributed by atoms with van der Waals surface area (Å²) in [6.45, 7) is 2.02. The zero-order chi connectivity index (χ0) is 16.5. The van der Waals surface area contributed by atoms with Gasteiger partial charge in [-0.3, -0.25) is 0 Å². The fourth-order valence-electron chi connectivity index (χ4n) is 2.80. The first-order chi connectivity index (χ1) is 11.8. The monoisotopic (exact) mass is 328 g/mol. The zero-order valence-electron chi connectivity index (χ0n) is 13.1. The lowest BCUT2D eigenvalue weighted by Gasteiger charge is -2.02. The number of aryl methyl sites for hydroxylation is 1. The molecule has 0 atom stereocenters. The van der Waals surface area contributed by atoms with Crippen molar-refractivity contribution in [3.8, 4) is 27.8 Å². The van der Waals surface area contributed by atoms with Gasteiger partial charge in [0.25, 0.3) is 0 Å². The van der Waals surface area contributed by atoms with E-state index in [4.69, 9.17) is 5.10 Å². The predicted molar refractivity (Wildman–Crippen MR) is 95.6 cm³/mol. The maximum absolute atomic E-state index is 9.76. The van der Waals surface area contributed by atoms with Crippen molar-refractivity contribution in [2.75, 3.05) is 0 Å². The van der Waals surface area contributed by atoms with E-state index in [1.807, 2.05) is 78.2 Å². The highest BCUT2D eigenvalue weighted by molar-refractivity contribution is 7.20. The summed E-state index contributed by atoms with van der Waals surface area (Å²) in [7, 11) is 0. The third-order valence-electron chi connectivity index (χ3n) is 3.96. The van der Waals surface area contributed by atoms with Crippen LogP contribution in [-0.4, -0.2) is 5.10 Å². The number of fused-ring (bicyclic) bond motifs is 1. The Balaban J connectivity index is 2.01. The van der Waals surface area contributed by atoms with E-state index in [9.17, 15) is 5.26 Å². The van der Waals surface area contributed by atoms with Crippen LogP contribution in [0.4, 0.5) is 0 Å². The van der Waals surface area contributed by atoms with Crippen molar-refractivity contribution < 1.29 is 4.52 Å². The minimum Gasteiger partial charge on any atom is -0.192 e. The molecule has 0 aliphatic carbocycles. The number of benzene rings is 2. The second-order valence-corrected chi connectivity index (χ2v) is 6.52. The van der Waals surface area contributed by atoms with E-state index in [0.717, 1.165) is 32.2 Å². The Morgan fingerprint density at radius 1 is 0.958 bits per heavy atom. The van der Waals surface area contributed by atoms with Crippen LogP contribution in [0, 0.1) is 18.3 Å². The second-order valence-electron chi connectivity index (χ2n) is 5.54. The average molecular weight is 328 g/mol. The van der Waals surface area contributed by atoms with E-state index in [0.29, 0.717) is 5.56 Å². The minimum absolute atomic E-state index is 0.673. The summed E-state index contributed by atoms with van der Waals surface area (Å²) >= 11 is 1.55. The van der Waals surface area contributed by atoms with E-state index in [-0.39, 0.29) is 0 Å². The first-order valence-electron chi connectivity index (χ1n) is 7.65. The molecule has 0 bridgehead atoms. The Labute approximate surface area is 144 Å². The van der Waals surface area contributed by atoms with E-state index in [1.165, 1.54) is 0 Å². The molecule has 2 heterocycles. The lowest BCUT2D eigenvalue weighted by atomic mass is 10.0. The van der Waals surface area contributed by atoms with Gasteiger partial charge in [0.1, 0.15) is 11.6 Å². The SMILES string of the molecule is Cc1cc(-c2ccccc2)c(C#N)c2sc(-c3ccccc3)n[n+]12. The lowest BCUT2D eigenvalue weighted by molar-refractivity contribution is -0.581. The van der Waals surface area contributed by atoms with Crippen LogP contribution in [0.3, 0.4) is 0 Å². The molecule has 0 radical (unpaired) electrons. The molecular weight excluding hydrogens is 314 g/mol. The number of nitriles is 1. The van der Waals surface area contributed by atoms with E-state index in [2.05, 4.69) is 6.07 Å². The van der Waals surface area contributed by atoms with E-state index in [1.54, 1.807) is 11.3 Å². The number of nitrogens with zero attached hydrogens (tertiary/aromatic N) is 3. The Hall–Kier alpha value is -3.03. The van der Waals surface area contributed by atoms with Gasteiger partial charge in [0, 0.05) is 29.2 Å². The quantitative estimate of drug-likeness (QED) is 0.512. The molecule has 0 spiro atoms. The largest absolute Gasteiger partial charge is 0.314 e. The Morgan fingerprint density at radius 3 is 2.21 bits per heavy atom. The fourth-order valence-corrected chi connectivity index (χ4v) is 3.88. The first kappa shape index (κ1) is 14.6. The van der Waals surface area contributed by atoms with Crippen molar-refractivity contribution in [3.05, 3.63) is 78.0 Å². The van der Waals surface area contributed by atoms with Crippen LogP contribution in [0.1, 0.15) is 11.3 Å². The first-order valence-corrected chi connectivity index (χ1v) is 8.47. The van der Waals surface area contributed by atoms with E-state index < -0.39 is 0 Å². The average Bonchev–Trinajstić information content (AvgIpc) is 3.09. The van der Waals surface area contributed by atoms with Crippen LogP contribution in [0.5, 0.6) is 0 Å².